The number of rotatable bonds is 5. The number of ether oxygens (including phenoxy) is 1. The molecule has 12 heteroatoms. The second-order valence-corrected chi connectivity index (χ2v) is 14.6. The molecule has 5 heterocycles. The van der Waals surface area contributed by atoms with E-state index in [1.165, 1.54) is 0 Å². The summed E-state index contributed by atoms with van der Waals surface area (Å²) in [5.41, 5.74) is 8.91. The van der Waals surface area contributed by atoms with Crippen LogP contribution in [0.3, 0.4) is 0 Å². The number of hydrogen-bond donors (Lipinski definition) is 2. The molecular weight excluding hydrogens is 559 g/mol. The fourth-order valence-corrected chi connectivity index (χ4v) is 9.72. The SMILES string of the molecule is C[C@@H](OC1CCC2NNC(c3cnc(N4CC5(CCCS(=O)(=O)C5)C4)c(C#N)c3)C2C1)c1c(Cl)cncc1Cl. The first kappa shape index (κ1) is 27.2. The van der Waals surface area contributed by atoms with Gasteiger partial charge in [0.1, 0.15) is 11.9 Å². The number of fused-ring (bicyclic) bond motifs is 1. The van der Waals surface area contributed by atoms with Crippen LogP contribution < -0.4 is 15.8 Å². The zero-order valence-corrected chi connectivity index (χ0v) is 24.1. The van der Waals surface area contributed by atoms with Crippen molar-refractivity contribution in [1.29, 1.82) is 5.26 Å². The number of hydrogen-bond acceptors (Lipinski definition) is 9. The number of hydrazine groups is 1. The van der Waals surface area contributed by atoms with Gasteiger partial charge in [0, 0.05) is 48.7 Å². The zero-order chi connectivity index (χ0) is 27.4. The van der Waals surface area contributed by atoms with E-state index < -0.39 is 9.84 Å². The van der Waals surface area contributed by atoms with Crippen molar-refractivity contribution >= 4 is 38.9 Å². The van der Waals surface area contributed by atoms with Gasteiger partial charge in [0.2, 0.25) is 0 Å². The molecule has 3 aliphatic heterocycles. The Bertz CT molecular complexity index is 1390. The number of anilines is 1. The highest BCUT2D eigenvalue weighted by molar-refractivity contribution is 7.91. The lowest BCUT2D eigenvalue weighted by atomic mass is 9.77. The molecule has 1 saturated carbocycles. The molecule has 6 rings (SSSR count). The maximum atomic E-state index is 12.2. The topological polar surface area (TPSA) is 120 Å². The minimum Gasteiger partial charge on any atom is -0.370 e. The highest BCUT2D eigenvalue weighted by atomic mass is 35.5. The average molecular weight is 592 g/mol. The van der Waals surface area contributed by atoms with Crippen molar-refractivity contribution in [2.75, 3.05) is 29.5 Å². The molecule has 5 atom stereocenters. The van der Waals surface area contributed by atoms with Gasteiger partial charge in [-0.2, -0.15) is 5.26 Å². The van der Waals surface area contributed by atoms with Gasteiger partial charge in [-0.25, -0.2) is 18.8 Å². The molecule has 4 aliphatic rings. The minimum absolute atomic E-state index is 0.00956. The van der Waals surface area contributed by atoms with Crippen molar-refractivity contribution in [2.45, 2.75) is 63.3 Å². The van der Waals surface area contributed by atoms with Gasteiger partial charge in [0.25, 0.3) is 0 Å². The first-order valence-electron chi connectivity index (χ1n) is 13.5. The Morgan fingerprint density at radius 3 is 2.69 bits per heavy atom. The van der Waals surface area contributed by atoms with E-state index in [-0.39, 0.29) is 41.1 Å². The number of nitrogens with zero attached hydrogens (tertiary/aromatic N) is 4. The maximum absolute atomic E-state index is 12.2. The highest BCUT2D eigenvalue weighted by Crippen LogP contribution is 2.44. The summed E-state index contributed by atoms with van der Waals surface area (Å²) in [5.74, 6) is 1.42. The van der Waals surface area contributed by atoms with Gasteiger partial charge in [-0.3, -0.25) is 10.4 Å². The standard InChI is InChI=1S/C27H32Cl2N6O3S/c1-16(24-21(28)11-31-12-22(24)29)38-19-3-4-23-20(8-19)25(34-33-23)18-7-17(9-30)26(32-10-18)35-13-27(14-35)5-2-6-39(36,37)15-27/h7,10-12,16,19-20,23,25,33-34H,2-6,8,13-15H2,1H3/t16-,19?,20?,23?,25?/m1/s1. The van der Waals surface area contributed by atoms with E-state index in [9.17, 15) is 13.7 Å². The zero-order valence-electron chi connectivity index (χ0n) is 21.7. The van der Waals surface area contributed by atoms with Gasteiger partial charge >= 0.3 is 0 Å². The van der Waals surface area contributed by atoms with Crippen LogP contribution in [-0.4, -0.2) is 55.1 Å². The first-order chi connectivity index (χ1) is 18.7. The Labute approximate surface area is 239 Å². The van der Waals surface area contributed by atoms with E-state index in [4.69, 9.17) is 32.9 Å². The smallest absolute Gasteiger partial charge is 0.151 e. The van der Waals surface area contributed by atoms with Crippen LogP contribution >= 0.6 is 23.2 Å². The normalized spacial score (nSPS) is 29.8. The molecule has 4 unspecified atom stereocenters. The number of halogens is 2. The van der Waals surface area contributed by atoms with Crippen molar-refractivity contribution in [3.63, 3.8) is 0 Å². The summed E-state index contributed by atoms with van der Waals surface area (Å²) in [6.07, 6.45) is 9.13. The van der Waals surface area contributed by atoms with Crippen LogP contribution in [0.4, 0.5) is 5.82 Å². The van der Waals surface area contributed by atoms with Crippen LogP contribution in [0, 0.1) is 22.7 Å². The van der Waals surface area contributed by atoms with Crippen LogP contribution in [-0.2, 0) is 14.6 Å². The summed E-state index contributed by atoms with van der Waals surface area (Å²) in [6, 6.07) is 4.54. The third kappa shape index (κ3) is 5.25. The van der Waals surface area contributed by atoms with E-state index in [0.29, 0.717) is 47.0 Å². The van der Waals surface area contributed by atoms with Gasteiger partial charge < -0.3 is 9.64 Å². The van der Waals surface area contributed by atoms with Gasteiger partial charge in [-0.1, -0.05) is 23.2 Å². The number of pyridine rings is 2. The van der Waals surface area contributed by atoms with Gasteiger partial charge in [-0.15, -0.1) is 0 Å². The molecule has 1 aliphatic carbocycles. The third-order valence-electron chi connectivity index (χ3n) is 8.81. The molecule has 0 bridgehead atoms. The van der Waals surface area contributed by atoms with E-state index in [1.807, 2.05) is 24.1 Å². The molecule has 9 nitrogen and oxygen atoms in total. The molecule has 2 N–H and O–H groups in total. The monoisotopic (exact) mass is 590 g/mol. The average Bonchev–Trinajstić information content (AvgIpc) is 3.29. The fraction of sp³-hybridized carbons (Fsp3) is 0.593. The summed E-state index contributed by atoms with van der Waals surface area (Å²) >= 11 is 12.7. The molecular formula is C27H32Cl2N6O3S. The van der Waals surface area contributed by atoms with Crippen LogP contribution in [0.1, 0.15) is 67.9 Å². The number of sulfone groups is 1. The Morgan fingerprint density at radius 1 is 1.21 bits per heavy atom. The molecule has 0 amide bonds. The lowest BCUT2D eigenvalue weighted by Crippen LogP contribution is -2.61. The molecule has 1 spiro atoms. The molecule has 0 aromatic carbocycles. The van der Waals surface area contributed by atoms with Crippen molar-refractivity contribution < 1.29 is 13.2 Å². The van der Waals surface area contributed by atoms with Gasteiger partial charge in [0.15, 0.2) is 9.84 Å². The Hall–Kier alpha value is -2.00. The highest BCUT2D eigenvalue weighted by Gasteiger charge is 2.49. The summed E-state index contributed by atoms with van der Waals surface area (Å²) < 4.78 is 30.8. The van der Waals surface area contributed by atoms with Crippen molar-refractivity contribution in [2.24, 2.45) is 11.3 Å². The Balaban J connectivity index is 1.15. The summed E-state index contributed by atoms with van der Waals surface area (Å²) in [7, 11) is -2.99. The minimum atomic E-state index is -2.99. The molecule has 0 radical (unpaired) electrons. The lowest BCUT2D eigenvalue weighted by Gasteiger charge is -2.52. The Morgan fingerprint density at radius 2 is 1.97 bits per heavy atom. The van der Waals surface area contributed by atoms with Gasteiger partial charge in [0.05, 0.1) is 45.4 Å². The number of nitrogens with one attached hydrogen (secondary N) is 2. The molecule has 4 fully saturated rings. The van der Waals surface area contributed by atoms with Crippen molar-refractivity contribution in [3.8, 4) is 6.07 Å². The third-order valence-corrected chi connectivity index (χ3v) is 11.4. The van der Waals surface area contributed by atoms with Gasteiger partial charge in [-0.05, 0) is 56.6 Å². The summed E-state index contributed by atoms with van der Waals surface area (Å²) in [6.45, 7) is 3.22. The summed E-state index contributed by atoms with van der Waals surface area (Å²) in [5, 5.41) is 11.0. The summed E-state index contributed by atoms with van der Waals surface area (Å²) in [4.78, 5) is 10.8. The molecule has 39 heavy (non-hydrogen) atoms. The second-order valence-electron chi connectivity index (χ2n) is 11.6. The number of aromatic nitrogens is 2. The first-order valence-corrected chi connectivity index (χ1v) is 16.1. The van der Waals surface area contributed by atoms with Crippen LogP contribution in [0.15, 0.2) is 24.7 Å². The maximum Gasteiger partial charge on any atom is 0.151 e. The predicted octanol–water partition coefficient (Wildman–Crippen LogP) is 4.13. The lowest BCUT2D eigenvalue weighted by molar-refractivity contribution is -0.0370. The van der Waals surface area contributed by atoms with Crippen LogP contribution in [0.5, 0.6) is 0 Å². The number of nitriles is 1. The molecule has 2 aromatic rings. The van der Waals surface area contributed by atoms with E-state index in [1.54, 1.807) is 12.4 Å². The van der Waals surface area contributed by atoms with E-state index in [0.717, 1.165) is 36.8 Å². The predicted molar refractivity (Wildman–Crippen MR) is 149 cm³/mol. The molecule has 2 aromatic heterocycles. The second kappa shape index (κ2) is 10.4. The quantitative estimate of drug-likeness (QED) is 0.529. The van der Waals surface area contributed by atoms with Crippen LogP contribution in [0.25, 0.3) is 0 Å². The fourth-order valence-electron chi connectivity index (χ4n) is 7.06. The van der Waals surface area contributed by atoms with Crippen molar-refractivity contribution in [1.82, 2.24) is 20.8 Å². The van der Waals surface area contributed by atoms with Crippen molar-refractivity contribution in [3.05, 3.63) is 51.4 Å². The van der Waals surface area contributed by atoms with Crippen LogP contribution in [0.2, 0.25) is 10.0 Å². The molecule has 208 valence electrons. The largest absolute Gasteiger partial charge is 0.370 e. The Kier molecular flexibility index (Phi) is 7.28. The molecule has 3 saturated heterocycles. The van der Waals surface area contributed by atoms with E-state index in [2.05, 4.69) is 21.9 Å². The van der Waals surface area contributed by atoms with E-state index >= 15 is 0 Å².